The number of esters is 1. The number of fused-ring (bicyclic) bond motifs is 1. The Morgan fingerprint density at radius 2 is 1.96 bits per heavy atom. The summed E-state index contributed by atoms with van der Waals surface area (Å²) in [6.07, 6.45) is 12.3. The van der Waals surface area contributed by atoms with Gasteiger partial charge in [0.15, 0.2) is 0 Å². The van der Waals surface area contributed by atoms with E-state index in [-0.39, 0.29) is 17.4 Å². The van der Waals surface area contributed by atoms with Gasteiger partial charge < -0.3 is 9.72 Å². The van der Waals surface area contributed by atoms with Crippen molar-refractivity contribution in [2.24, 2.45) is 11.8 Å². The molecule has 1 aromatic heterocycles. The lowest BCUT2D eigenvalue weighted by Crippen LogP contribution is -2.20. The molecule has 0 bridgehead atoms. The number of H-pyrrole nitrogens is 1. The normalized spacial score (nSPS) is 15.2. The number of nitrogens with one attached hydrogen (secondary N) is 1. The Balaban J connectivity index is 1.80. The second-order valence-corrected chi connectivity index (χ2v) is 7.79. The summed E-state index contributed by atoms with van der Waals surface area (Å²) in [5, 5.41) is 0.764. The molecule has 1 N–H and O–H groups in total. The van der Waals surface area contributed by atoms with Crippen LogP contribution in [0.3, 0.4) is 0 Å². The van der Waals surface area contributed by atoms with Gasteiger partial charge in [0, 0.05) is 5.39 Å². The van der Waals surface area contributed by atoms with E-state index < -0.39 is 0 Å². The van der Waals surface area contributed by atoms with Gasteiger partial charge in [0.2, 0.25) is 0 Å². The molecule has 2 aromatic rings. The van der Waals surface area contributed by atoms with Crippen LogP contribution < -0.4 is 10.3 Å². The summed E-state index contributed by atoms with van der Waals surface area (Å²) in [4.78, 5) is 27.7. The Bertz CT molecular complexity index is 873. The summed E-state index contributed by atoms with van der Waals surface area (Å²) in [6.45, 7) is 3.58. The highest BCUT2D eigenvalue weighted by atomic mass is 16.5. The lowest BCUT2D eigenvalue weighted by Gasteiger charge is -2.13. The standard InChI is InChI=1S/C23H29NO3/c1-16(2)23(26)27-21-18-13-8-9-15-20(18)24-22(25)19(21)14-5-3-4-10-17-11-6-7-12-17/h3,5,8-9,13,15-17H,4,6-7,10-12,14H2,1-2H3,(H,24,25)/b5-3+. The van der Waals surface area contributed by atoms with E-state index in [0.29, 0.717) is 23.3 Å². The molecule has 0 radical (unpaired) electrons. The monoisotopic (exact) mass is 367 g/mol. The number of carbonyl (C=O) groups is 1. The molecule has 0 aliphatic heterocycles. The number of benzene rings is 1. The van der Waals surface area contributed by atoms with Gasteiger partial charge in [-0.1, -0.05) is 63.8 Å². The largest absolute Gasteiger partial charge is 0.425 e. The minimum atomic E-state index is -0.322. The van der Waals surface area contributed by atoms with E-state index in [1.807, 2.05) is 30.3 Å². The SMILES string of the molecule is CC(C)C(=O)Oc1c(C/C=C/CCC2CCCC2)c(=O)[nH]c2ccccc12. The molecule has 1 fully saturated rings. The highest BCUT2D eigenvalue weighted by molar-refractivity contribution is 5.89. The molecule has 3 rings (SSSR count). The first kappa shape index (κ1) is 19.4. The molecule has 0 spiro atoms. The van der Waals surface area contributed by atoms with E-state index in [1.54, 1.807) is 13.8 Å². The van der Waals surface area contributed by atoms with E-state index in [2.05, 4.69) is 11.1 Å². The fourth-order valence-electron chi connectivity index (χ4n) is 3.72. The first-order valence-electron chi connectivity index (χ1n) is 10.1. The molecule has 0 unspecified atom stereocenters. The van der Waals surface area contributed by atoms with E-state index in [0.717, 1.165) is 17.7 Å². The van der Waals surface area contributed by atoms with Gasteiger partial charge in [-0.25, -0.2) is 0 Å². The Labute approximate surface area is 160 Å². The van der Waals surface area contributed by atoms with Crippen LogP contribution in [0.25, 0.3) is 10.9 Å². The van der Waals surface area contributed by atoms with Crippen LogP contribution in [0.15, 0.2) is 41.2 Å². The number of pyridine rings is 1. The molecule has 0 amide bonds. The second-order valence-electron chi connectivity index (χ2n) is 7.79. The van der Waals surface area contributed by atoms with Crippen LogP contribution in [0.1, 0.15) is 57.9 Å². The average Bonchev–Trinajstić information content (AvgIpc) is 3.16. The van der Waals surface area contributed by atoms with Crippen molar-refractivity contribution in [1.29, 1.82) is 0 Å². The predicted octanol–water partition coefficient (Wildman–Crippen LogP) is 5.16. The van der Waals surface area contributed by atoms with Gasteiger partial charge in [-0.05, 0) is 37.3 Å². The molecule has 1 aliphatic carbocycles. The molecule has 0 saturated heterocycles. The summed E-state index contributed by atoms with van der Waals surface area (Å²) in [5.74, 6) is 0.685. The van der Waals surface area contributed by atoms with E-state index >= 15 is 0 Å². The minimum Gasteiger partial charge on any atom is -0.425 e. The van der Waals surface area contributed by atoms with Crippen LogP contribution in [0.2, 0.25) is 0 Å². The third-order valence-corrected chi connectivity index (χ3v) is 5.35. The predicted molar refractivity (Wildman–Crippen MR) is 109 cm³/mol. The maximum atomic E-state index is 12.6. The van der Waals surface area contributed by atoms with Crippen molar-refractivity contribution < 1.29 is 9.53 Å². The molecule has 27 heavy (non-hydrogen) atoms. The molecular weight excluding hydrogens is 338 g/mol. The molecule has 1 aliphatic rings. The number of hydrogen-bond donors (Lipinski definition) is 1. The summed E-state index contributed by atoms with van der Waals surface area (Å²) >= 11 is 0. The lowest BCUT2D eigenvalue weighted by atomic mass is 10.0. The van der Waals surface area contributed by atoms with Gasteiger partial charge in [0.1, 0.15) is 5.75 Å². The minimum absolute atomic E-state index is 0.194. The van der Waals surface area contributed by atoms with Gasteiger partial charge in [-0.2, -0.15) is 0 Å². The fraction of sp³-hybridized carbons (Fsp3) is 0.478. The van der Waals surface area contributed by atoms with Crippen molar-refractivity contribution >= 4 is 16.9 Å². The topological polar surface area (TPSA) is 59.2 Å². The number of aromatic amines is 1. The summed E-state index contributed by atoms with van der Waals surface area (Å²) < 4.78 is 5.65. The summed E-state index contributed by atoms with van der Waals surface area (Å²) in [6, 6.07) is 7.44. The van der Waals surface area contributed by atoms with Crippen molar-refractivity contribution in [2.45, 2.75) is 58.8 Å². The molecule has 1 aromatic carbocycles. The first-order valence-corrected chi connectivity index (χ1v) is 10.1. The van der Waals surface area contributed by atoms with Crippen LogP contribution in [-0.2, 0) is 11.2 Å². The summed E-state index contributed by atoms with van der Waals surface area (Å²) in [5.41, 5.74) is 1.00. The zero-order valence-corrected chi connectivity index (χ0v) is 16.3. The quantitative estimate of drug-likeness (QED) is 0.543. The maximum absolute atomic E-state index is 12.6. The Morgan fingerprint density at radius 3 is 2.70 bits per heavy atom. The van der Waals surface area contributed by atoms with Gasteiger partial charge >= 0.3 is 5.97 Å². The molecule has 144 valence electrons. The molecule has 1 heterocycles. The highest BCUT2D eigenvalue weighted by Crippen LogP contribution is 2.29. The number of carbonyl (C=O) groups excluding carboxylic acids is 1. The molecule has 4 nitrogen and oxygen atoms in total. The Kier molecular flexibility index (Phi) is 6.49. The molecule has 0 atom stereocenters. The van der Waals surface area contributed by atoms with E-state index in [9.17, 15) is 9.59 Å². The van der Waals surface area contributed by atoms with Crippen molar-refractivity contribution in [3.05, 3.63) is 52.3 Å². The van der Waals surface area contributed by atoms with Crippen LogP contribution in [0, 0.1) is 11.8 Å². The van der Waals surface area contributed by atoms with Gasteiger partial charge in [-0.3, -0.25) is 9.59 Å². The molecule has 1 saturated carbocycles. The van der Waals surface area contributed by atoms with Crippen LogP contribution in [-0.4, -0.2) is 11.0 Å². The Morgan fingerprint density at radius 1 is 1.22 bits per heavy atom. The number of aromatic nitrogens is 1. The fourth-order valence-corrected chi connectivity index (χ4v) is 3.72. The number of rotatable bonds is 7. The average molecular weight is 367 g/mol. The zero-order valence-electron chi connectivity index (χ0n) is 16.3. The first-order chi connectivity index (χ1) is 13.1. The number of allylic oxidation sites excluding steroid dienone is 2. The van der Waals surface area contributed by atoms with Crippen molar-refractivity contribution in [3.63, 3.8) is 0 Å². The highest BCUT2D eigenvalue weighted by Gasteiger charge is 2.18. The lowest BCUT2D eigenvalue weighted by molar-refractivity contribution is -0.137. The zero-order chi connectivity index (χ0) is 19.2. The van der Waals surface area contributed by atoms with Gasteiger partial charge in [0.05, 0.1) is 17.0 Å². The maximum Gasteiger partial charge on any atom is 0.313 e. The second kappa shape index (κ2) is 9.03. The third-order valence-electron chi connectivity index (χ3n) is 5.35. The van der Waals surface area contributed by atoms with E-state index in [1.165, 1.54) is 32.1 Å². The van der Waals surface area contributed by atoms with Crippen molar-refractivity contribution in [3.8, 4) is 5.75 Å². The number of ether oxygens (including phenoxy) is 1. The smallest absolute Gasteiger partial charge is 0.313 e. The van der Waals surface area contributed by atoms with Crippen LogP contribution in [0.4, 0.5) is 0 Å². The number of hydrogen-bond acceptors (Lipinski definition) is 3. The van der Waals surface area contributed by atoms with Gasteiger partial charge in [-0.15, -0.1) is 0 Å². The van der Waals surface area contributed by atoms with Crippen LogP contribution >= 0.6 is 0 Å². The van der Waals surface area contributed by atoms with E-state index in [4.69, 9.17) is 4.74 Å². The molecular formula is C23H29NO3. The summed E-state index contributed by atoms with van der Waals surface area (Å²) in [7, 11) is 0. The van der Waals surface area contributed by atoms with Crippen molar-refractivity contribution in [2.75, 3.05) is 0 Å². The Hall–Kier alpha value is -2.36. The molecule has 4 heteroatoms. The van der Waals surface area contributed by atoms with Gasteiger partial charge in [0.25, 0.3) is 5.56 Å². The number of para-hydroxylation sites is 1. The van der Waals surface area contributed by atoms with Crippen LogP contribution in [0.5, 0.6) is 5.75 Å². The van der Waals surface area contributed by atoms with Crippen molar-refractivity contribution in [1.82, 2.24) is 4.98 Å². The third kappa shape index (κ3) is 4.88.